The van der Waals surface area contributed by atoms with Gasteiger partial charge >= 0.3 is 0 Å². The highest BCUT2D eigenvalue weighted by atomic mass is 16.5. The molecule has 2 aliphatic heterocycles. The van der Waals surface area contributed by atoms with E-state index < -0.39 is 0 Å². The summed E-state index contributed by atoms with van der Waals surface area (Å²) in [4.78, 5) is 21.2. The summed E-state index contributed by atoms with van der Waals surface area (Å²) in [6.45, 7) is 6.76. The minimum absolute atomic E-state index is 0.294. The highest BCUT2D eigenvalue weighted by Crippen LogP contribution is 2.31. The van der Waals surface area contributed by atoms with Crippen LogP contribution in [0.3, 0.4) is 0 Å². The molecule has 0 aliphatic carbocycles. The Morgan fingerprint density at radius 3 is 2.78 bits per heavy atom. The maximum Gasteiger partial charge on any atom is 0.240 e. The van der Waals surface area contributed by atoms with Crippen LogP contribution in [-0.2, 0) is 17.8 Å². The van der Waals surface area contributed by atoms with Gasteiger partial charge in [0.2, 0.25) is 11.8 Å². The maximum absolute atomic E-state index is 12.2. The van der Waals surface area contributed by atoms with E-state index in [9.17, 15) is 4.79 Å². The van der Waals surface area contributed by atoms with Gasteiger partial charge in [0.25, 0.3) is 0 Å². The first-order valence-corrected chi connectivity index (χ1v) is 9.08. The third-order valence-corrected chi connectivity index (χ3v) is 5.10. The molecule has 23 heavy (non-hydrogen) atoms. The van der Waals surface area contributed by atoms with Crippen LogP contribution < -0.4 is 0 Å². The third kappa shape index (κ3) is 3.57. The number of hydrogen-bond acceptors (Lipinski definition) is 5. The molecule has 3 heterocycles. The largest absolute Gasteiger partial charge is 0.338 e. The van der Waals surface area contributed by atoms with Crippen LogP contribution in [0.25, 0.3) is 0 Å². The van der Waals surface area contributed by atoms with E-state index in [-0.39, 0.29) is 0 Å². The zero-order valence-corrected chi connectivity index (χ0v) is 14.3. The third-order valence-electron chi connectivity index (χ3n) is 5.10. The van der Waals surface area contributed by atoms with Gasteiger partial charge in [-0.05, 0) is 38.6 Å². The molecule has 0 bridgehead atoms. The Labute approximate surface area is 138 Å². The van der Waals surface area contributed by atoms with Gasteiger partial charge in [-0.1, -0.05) is 19.0 Å². The average Bonchev–Trinajstić information content (AvgIpc) is 3.27. The molecule has 128 valence electrons. The Kier molecular flexibility index (Phi) is 5.30. The van der Waals surface area contributed by atoms with Crippen molar-refractivity contribution in [2.75, 3.05) is 13.1 Å². The van der Waals surface area contributed by atoms with E-state index >= 15 is 0 Å². The van der Waals surface area contributed by atoms with Gasteiger partial charge in [-0.3, -0.25) is 9.69 Å². The van der Waals surface area contributed by atoms with Gasteiger partial charge in [-0.15, -0.1) is 0 Å². The maximum atomic E-state index is 12.2. The molecular formula is C17H28N4O2. The molecule has 2 fully saturated rings. The number of rotatable bonds is 6. The summed E-state index contributed by atoms with van der Waals surface area (Å²) in [5.41, 5.74) is 0. The average molecular weight is 320 g/mol. The fourth-order valence-corrected chi connectivity index (χ4v) is 4.04. The Hall–Kier alpha value is -1.43. The molecule has 0 radical (unpaired) electrons. The van der Waals surface area contributed by atoms with Crippen molar-refractivity contribution < 1.29 is 9.32 Å². The van der Waals surface area contributed by atoms with Crippen molar-refractivity contribution >= 4 is 5.91 Å². The summed E-state index contributed by atoms with van der Waals surface area (Å²) in [6.07, 6.45) is 7.10. The second-order valence-corrected chi connectivity index (χ2v) is 6.68. The van der Waals surface area contributed by atoms with E-state index in [4.69, 9.17) is 4.52 Å². The highest BCUT2D eigenvalue weighted by molar-refractivity contribution is 5.76. The molecule has 0 saturated carbocycles. The number of amides is 1. The first-order valence-electron chi connectivity index (χ1n) is 9.08. The Balaban J connectivity index is 1.66. The minimum Gasteiger partial charge on any atom is -0.338 e. The van der Waals surface area contributed by atoms with Crippen LogP contribution in [-0.4, -0.2) is 51.0 Å². The summed E-state index contributed by atoms with van der Waals surface area (Å²) < 4.78 is 5.40. The summed E-state index contributed by atoms with van der Waals surface area (Å²) in [6, 6.07) is 0.803. The van der Waals surface area contributed by atoms with Crippen molar-refractivity contribution in [2.24, 2.45) is 0 Å². The molecule has 6 nitrogen and oxygen atoms in total. The topological polar surface area (TPSA) is 62.5 Å². The van der Waals surface area contributed by atoms with E-state index in [0.717, 1.165) is 51.0 Å². The SMILES string of the molecule is CCCc1noc(CN2CCC[C@H]2[C@@H]2CCCN2C(=O)CC)n1. The molecule has 1 aromatic heterocycles. The van der Waals surface area contributed by atoms with Crippen molar-refractivity contribution in [3.05, 3.63) is 11.7 Å². The molecule has 2 atom stereocenters. The lowest BCUT2D eigenvalue weighted by Crippen LogP contribution is -2.47. The van der Waals surface area contributed by atoms with Crippen LogP contribution in [0.2, 0.25) is 0 Å². The van der Waals surface area contributed by atoms with Crippen molar-refractivity contribution in [3.8, 4) is 0 Å². The van der Waals surface area contributed by atoms with Crippen LogP contribution in [0.1, 0.15) is 64.1 Å². The number of nitrogens with zero attached hydrogens (tertiary/aromatic N) is 4. The quantitative estimate of drug-likeness (QED) is 0.805. The molecule has 0 spiro atoms. The summed E-state index contributed by atoms with van der Waals surface area (Å²) in [7, 11) is 0. The predicted molar refractivity (Wildman–Crippen MR) is 86.8 cm³/mol. The predicted octanol–water partition coefficient (Wildman–Crippen LogP) is 2.39. The zero-order chi connectivity index (χ0) is 16.2. The van der Waals surface area contributed by atoms with Crippen molar-refractivity contribution in [1.29, 1.82) is 0 Å². The van der Waals surface area contributed by atoms with E-state index in [1.807, 2.05) is 6.92 Å². The summed E-state index contributed by atoms with van der Waals surface area (Å²) in [5, 5.41) is 4.05. The number of carbonyl (C=O) groups is 1. The molecule has 1 aromatic rings. The van der Waals surface area contributed by atoms with Gasteiger partial charge in [-0.2, -0.15) is 4.98 Å². The molecule has 1 amide bonds. The molecular weight excluding hydrogens is 292 g/mol. The number of carbonyl (C=O) groups excluding carboxylic acids is 1. The molecule has 0 aromatic carbocycles. The van der Waals surface area contributed by atoms with Crippen molar-refractivity contribution in [3.63, 3.8) is 0 Å². The number of hydrogen-bond donors (Lipinski definition) is 0. The number of likely N-dealkylation sites (tertiary alicyclic amines) is 2. The second-order valence-electron chi connectivity index (χ2n) is 6.68. The van der Waals surface area contributed by atoms with Gasteiger partial charge in [0.1, 0.15) is 0 Å². The fraction of sp³-hybridized carbons (Fsp3) is 0.824. The van der Waals surface area contributed by atoms with Crippen LogP contribution >= 0.6 is 0 Å². The van der Waals surface area contributed by atoms with E-state index in [2.05, 4.69) is 26.9 Å². The monoisotopic (exact) mass is 320 g/mol. The lowest BCUT2D eigenvalue weighted by Gasteiger charge is -2.34. The Bertz CT molecular complexity index is 530. The molecule has 2 saturated heterocycles. The summed E-state index contributed by atoms with van der Waals surface area (Å²) in [5.74, 6) is 1.82. The first-order chi connectivity index (χ1) is 11.2. The smallest absolute Gasteiger partial charge is 0.240 e. The molecule has 0 unspecified atom stereocenters. The molecule has 6 heteroatoms. The zero-order valence-electron chi connectivity index (χ0n) is 14.3. The second kappa shape index (κ2) is 7.43. The lowest BCUT2D eigenvalue weighted by molar-refractivity contribution is -0.132. The number of aromatic nitrogens is 2. The normalized spacial score (nSPS) is 25.4. The Morgan fingerprint density at radius 1 is 1.22 bits per heavy atom. The van der Waals surface area contributed by atoms with E-state index in [0.29, 0.717) is 36.8 Å². The van der Waals surface area contributed by atoms with Crippen LogP contribution in [0.5, 0.6) is 0 Å². The fourth-order valence-electron chi connectivity index (χ4n) is 4.04. The van der Waals surface area contributed by atoms with Gasteiger partial charge in [0.05, 0.1) is 6.54 Å². The highest BCUT2D eigenvalue weighted by Gasteiger charge is 2.39. The number of aryl methyl sites for hydroxylation is 1. The lowest BCUT2D eigenvalue weighted by atomic mass is 10.0. The molecule has 0 N–H and O–H groups in total. The van der Waals surface area contributed by atoms with Gasteiger partial charge in [0, 0.05) is 31.5 Å². The first kappa shape index (κ1) is 16.4. The van der Waals surface area contributed by atoms with Crippen LogP contribution in [0.15, 0.2) is 4.52 Å². The van der Waals surface area contributed by atoms with Gasteiger partial charge in [-0.25, -0.2) is 0 Å². The van der Waals surface area contributed by atoms with E-state index in [1.54, 1.807) is 0 Å². The van der Waals surface area contributed by atoms with Crippen LogP contribution in [0.4, 0.5) is 0 Å². The Morgan fingerprint density at radius 2 is 2.00 bits per heavy atom. The van der Waals surface area contributed by atoms with Gasteiger partial charge < -0.3 is 9.42 Å². The van der Waals surface area contributed by atoms with Crippen LogP contribution in [0, 0.1) is 0 Å². The van der Waals surface area contributed by atoms with E-state index in [1.165, 1.54) is 6.42 Å². The minimum atomic E-state index is 0.294. The van der Waals surface area contributed by atoms with Crippen molar-refractivity contribution in [1.82, 2.24) is 19.9 Å². The van der Waals surface area contributed by atoms with Crippen molar-refractivity contribution in [2.45, 2.75) is 77.4 Å². The molecule has 3 rings (SSSR count). The standard InChI is InChI=1S/C17H28N4O2/c1-3-7-15-18-16(23-19-15)12-20-10-5-8-13(20)14-9-6-11-21(14)17(22)4-2/h13-14H,3-12H2,1-2H3/t13-,14-/m0/s1. The summed E-state index contributed by atoms with van der Waals surface area (Å²) >= 11 is 0. The van der Waals surface area contributed by atoms with Gasteiger partial charge in [0.15, 0.2) is 5.82 Å². The molecule has 2 aliphatic rings.